The molecule has 0 saturated heterocycles. The lowest BCUT2D eigenvalue weighted by Crippen LogP contribution is -2.00. The van der Waals surface area contributed by atoms with Crippen molar-refractivity contribution in [1.29, 1.82) is 0 Å². The molecule has 1 aliphatic rings. The van der Waals surface area contributed by atoms with Gasteiger partial charge in [0, 0.05) is 0 Å². The molecule has 0 fully saturated rings. The third-order valence-electron chi connectivity index (χ3n) is 3.37. The van der Waals surface area contributed by atoms with Crippen LogP contribution in [0.15, 0.2) is 36.4 Å². The molecule has 0 spiro atoms. The van der Waals surface area contributed by atoms with Crippen LogP contribution in [0.2, 0.25) is 0 Å². The van der Waals surface area contributed by atoms with Crippen LogP contribution < -0.4 is 0 Å². The van der Waals surface area contributed by atoms with E-state index >= 15 is 0 Å². The minimum Gasteiger partial charge on any atom is -0.204 e. The molecule has 1 aliphatic carbocycles. The summed E-state index contributed by atoms with van der Waals surface area (Å²) in [5.74, 6) is -0.978. The molecule has 0 aromatic heterocycles. The Hall–Kier alpha value is -1.44. The Kier molecular flexibility index (Phi) is 4.29. The molecule has 1 aromatic rings. The fraction of sp³-hybridized carbons (Fsp3) is 0.375. The molecule has 96 valence electrons. The summed E-state index contributed by atoms with van der Waals surface area (Å²) in [5, 5.41) is 0. The quantitative estimate of drug-likeness (QED) is 0.694. The molecule has 18 heavy (non-hydrogen) atoms. The fourth-order valence-electron chi connectivity index (χ4n) is 2.23. The van der Waals surface area contributed by atoms with E-state index in [0.717, 1.165) is 17.6 Å². The van der Waals surface area contributed by atoms with Gasteiger partial charge < -0.3 is 0 Å². The molecule has 0 radical (unpaired) electrons. The monoisotopic (exact) mass is 248 g/mol. The van der Waals surface area contributed by atoms with Crippen molar-refractivity contribution in [3.63, 3.8) is 0 Å². The summed E-state index contributed by atoms with van der Waals surface area (Å²) in [6.45, 7) is 2.19. The van der Waals surface area contributed by atoms with Gasteiger partial charge in [-0.1, -0.05) is 44.1 Å². The van der Waals surface area contributed by atoms with Gasteiger partial charge in [0.1, 0.15) is 0 Å². The van der Waals surface area contributed by atoms with E-state index in [-0.39, 0.29) is 0 Å². The van der Waals surface area contributed by atoms with Crippen molar-refractivity contribution in [3.05, 3.63) is 53.6 Å². The van der Waals surface area contributed by atoms with Gasteiger partial charge in [-0.2, -0.15) is 0 Å². The fourth-order valence-corrected chi connectivity index (χ4v) is 2.23. The summed E-state index contributed by atoms with van der Waals surface area (Å²) in [4.78, 5) is 0. The van der Waals surface area contributed by atoms with Gasteiger partial charge >= 0.3 is 0 Å². The van der Waals surface area contributed by atoms with Crippen LogP contribution >= 0.6 is 0 Å². The Bertz CT molecular complexity index is 472. The third kappa shape index (κ3) is 3.06. The molecule has 0 nitrogen and oxygen atoms in total. The lowest BCUT2D eigenvalue weighted by atomic mass is 9.90. The average Bonchev–Trinajstić information content (AvgIpc) is 2.40. The van der Waals surface area contributed by atoms with Crippen molar-refractivity contribution in [2.75, 3.05) is 0 Å². The van der Waals surface area contributed by atoms with Crippen molar-refractivity contribution < 1.29 is 8.78 Å². The SMILES string of the molecule is CCCCC1C=CC(c2ccc(F)c(F)c2)=CC1. The van der Waals surface area contributed by atoms with Crippen LogP contribution in [0.5, 0.6) is 0 Å². The molecular formula is C16H18F2. The van der Waals surface area contributed by atoms with E-state index in [1.165, 1.54) is 31.4 Å². The number of hydrogen-bond donors (Lipinski definition) is 0. The summed E-state index contributed by atoms with van der Waals surface area (Å²) < 4.78 is 26.0. The second kappa shape index (κ2) is 5.94. The maximum atomic E-state index is 13.2. The van der Waals surface area contributed by atoms with E-state index < -0.39 is 11.6 Å². The summed E-state index contributed by atoms with van der Waals surface area (Å²) in [5.41, 5.74) is 1.74. The van der Waals surface area contributed by atoms with E-state index in [4.69, 9.17) is 0 Å². The van der Waals surface area contributed by atoms with Gasteiger partial charge in [-0.15, -0.1) is 0 Å². The predicted octanol–water partition coefficient (Wildman–Crippen LogP) is 5.11. The van der Waals surface area contributed by atoms with Crippen LogP contribution in [0.4, 0.5) is 8.78 Å². The standard InChI is InChI=1S/C16H18F2/c1-2-3-4-12-5-7-13(8-6-12)14-9-10-15(17)16(18)11-14/h5,7-12H,2-4,6H2,1H3. The lowest BCUT2D eigenvalue weighted by Gasteiger charge is -2.16. The number of unbranched alkanes of at least 4 members (excludes halogenated alkanes) is 1. The number of halogens is 2. The molecule has 0 saturated carbocycles. The van der Waals surface area contributed by atoms with E-state index in [1.807, 2.05) is 6.08 Å². The molecule has 1 aromatic carbocycles. The second-order valence-corrected chi connectivity index (χ2v) is 4.79. The molecule has 1 atom stereocenters. The third-order valence-corrected chi connectivity index (χ3v) is 3.37. The first-order chi connectivity index (χ1) is 8.70. The van der Waals surface area contributed by atoms with Gasteiger partial charge in [-0.3, -0.25) is 0 Å². The van der Waals surface area contributed by atoms with Crippen LogP contribution in [-0.4, -0.2) is 0 Å². The minimum atomic E-state index is -0.792. The van der Waals surface area contributed by atoms with Crippen molar-refractivity contribution in [1.82, 2.24) is 0 Å². The molecule has 0 aliphatic heterocycles. The van der Waals surface area contributed by atoms with Crippen LogP contribution in [0.25, 0.3) is 5.57 Å². The Labute approximate surface area is 107 Å². The molecule has 0 amide bonds. The van der Waals surface area contributed by atoms with Crippen molar-refractivity contribution in [3.8, 4) is 0 Å². The van der Waals surface area contributed by atoms with Crippen molar-refractivity contribution >= 4 is 5.57 Å². The number of allylic oxidation sites excluding steroid dienone is 4. The average molecular weight is 248 g/mol. The zero-order chi connectivity index (χ0) is 13.0. The highest BCUT2D eigenvalue weighted by Gasteiger charge is 2.11. The zero-order valence-corrected chi connectivity index (χ0v) is 10.6. The summed E-state index contributed by atoms with van der Waals surface area (Å²) in [6.07, 6.45) is 11.0. The van der Waals surface area contributed by atoms with Crippen LogP contribution in [0.1, 0.15) is 38.2 Å². The van der Waals surface area contributed by atoms with Gasteiger partial charge in [0.15, 0.2) is 11.6 Å². The van der Waals surface area contributed by atoms with Crippen LogP contribution in [0.3, 0.4) is 0 Å². The highest BCUT2D eigenvalue weighted by atomic mass is 19.2. The highest BCUT2D eigenvalue weighted by Crippen LogP contribution is 2.27. The molecular weight excluding hydrogens is 230 g/mol. The maximum Gasteiger partial charge on any atom is 0.159 e. The van der Waals surface area contributed by atoms with Gasteiger partial charge in [-0.25, -0.2) is 8.78 Å². The molecule has 1 unspecified atom stereocenters. The van der Waals surface area contributed by atoms with Crippen LogP contribution in [-0.2, 0) is 0 Å². The maximum absolute atomic E-state index is 13.2. The van der Waals surface area contributed by atoms with Crippen molar-refractivity contribution in [2.24, 2.45) is 5.92 Å². The summed E-state index contributed by atoms with van der Waals surface area (Å²) >= 11 is 0. The predicted molar refractivity (Wildman–Crippen MR) is 71.1 cm³/mol. The Balaban J connectivity index is 2.06. The Morgan fingerprint density at radius 3 is 2.67 bits per heavy atom. The largest absolute Gasteiger partial charge is 0.204 e. The first-order valence-electron chi connectivity index (χ1n) is 6.54. The number of benzene rings is 1. The normalized spacial score (nSPS) is 18.8. The van der Waals surface area contributed by atoms with E-state index in [9.17, 15) is 8.78 Å². The first-order valence-corrected chi connectivity index (χ1v) is 6.54. The second-order valence-electron chi connectivity index (χ2n) is 4.79. The van der Waals surface area contributed by atoms with Gasteiger partial charge in [0.05, 0.1) is 0 Å². The lowest BCUT2D eigenvalue weighted by molar-refractivity contribution is 0.508. The van der Waals surface area contributed by atoms with Gasteiger partial charge in [0.25, 0.3) is 0 Å². The zero-order valence-electron chi connectivity index (χ0n) is 10.6. The smallest absolute Gasteiger partial charge is 0.159 e. The van der Waals surface area contributed by atoms with E-state index in [0.29, 0.717) is 5.92 Å². The molecule has 0 bridgehead atoms. The Morgan fingerprint density at radius 2 is 2.06 bits per heavy atom. The summed E-state index contributed by atoms with van der Waals surface area (Å²) in [7, 11) is 0. The molecule has 2 heteroatoms. The summed E-state index contributed by atoms with van der Waals surface area (Å²) in [6, 6.07) is 4.07. The molecule has 2 rings (SSSR count). The Morgan fingerprint density at radius 1 is 1.22 bits per heavy atom. The first kappa shape index (κ1) is 13.0. The number of rotatable bonds is 4. The van der Waals surface area contributed by atoms with E-state index in [1.54, 1.807) is 6.07 Å². The van der Waals surface area contributed by atoms with Crippen LogP contribution in [0, 0.1) is 17.6 Å². The minimum absolute atomic E-state index is 0.596. The van der Waals surface area contributed by atoms with Gasteiger partial charge in [-0.05, 0) is 42.0 Å². The van der Waals surface area contributed by atoms with E-state index in [2.05, 4.69) is 19.1 Å². The molecule has 0 heterocycles. The molecule has 0 N–H and O–H groups in total. The number of hydrogen-bond acceptors (Lipinski definition) is 0. The highest BCUT2D eigenvalue weighted by molar-refractivity contribution is 5.74. The topological polar surface area (TPSA) is 0 Å². The van der Waals surface area contributed by atoms with Crippen molar-refractivity contribution in [2.45, 2.75) is 32.6 Å². The van der Waals surface area contributed by atoms with Gasteiger partial charge in [0.2, 0.25) is 0 Å².